The number of allylic oxidation sites excluding steroid dienone is 1. The van der Waals surface area contributed by atoms with Gasteiger partial charge in [-0.2, -0.15) is 0 Å². The second-order valence-corrected chi connectivity index (χ2v) is 5.97. The Morgan fingerprint density at radius 3 is 3.12 bits per heavy atom. The van der Waals surface area contributed by atoms with E-state index in [1.807, 2.05) is 12.3 Å². The van der Waals surface area contributed by atoms with E-state index in [2.05, 4.69) is 32.3 Å². The lowest BCUT2D eigenvalue weighted by Gasteiger charge is -2.23. The zero-order valence-electron chi connectivity index (χ0n) is 9.42. The Labute approximate surface area is 115 Å². The van der Waals surface area contributed by atoms with Crippen LogP contribution in [0.3, 0.4) is 0 Å². The summed E-state index contributed by atoms with van der Waals surface area (Å²) in [6, 6.07) is 2.01. The number of rotatable bonds is 1. The molecule has 17 heavy (non-hydrogen) atoms. The molecule has 1 aromatic rings. The molecule has 1 N–H and O–H groups in total. The molecule has 1 aliphatic heterocycles. The quantitative estimate of drug-likeness (QED) is 0.803. The van der Waals surface area contributed by atoms with Gasteiger partial charge in [-0.15, -0.1) is 0 Å². The molecule has 1 fully saturated rings. The van der Waals surface area contributed by atoms with Crippen molar-refractivity contribution in [3.8, 4) is 0 Å². The second kappa shape index (κ2) is 4.71. The molecule has 0 radical (unpaired) electrons. The van der Waals surface area contributed by atoms with E-state index < -0.39 is 0 Å². The second-order valence-electron chi connectivity index (χ2n) is 4.81. The number of hydrogen-bond acceptors (Lipinski definition) is 2. The van der Waals surface area contributed by atoms with E-state index in [-0.39, 0.29) is 0 Å². The Morgan fingerprint density at radius 2 is 2.29 bits per heavy atom. The lowest BCUT2D eigenvalue weighted by Crippen LogP contribution is -2.15. The van der Waals surface area contributed by atoms with Crippen molar-refractivity contribution in [3.63, 3.8) is 0 Å². The van der Waals surface area contributed by atoms with Crippen LogP contribution >= 0.6 is 27.5 Å². The minimum absolute atomic E-state index is 0.690. The molecule has 0 spiro atoms. The van der Waals surface area contributed by atoms with E-state index in [0.717, 1.165) is 23.5 Å². The normalized spacial score (nSPS) is 27.8. The van der Waals surface area contributed by atoms with Gasteiger partial charge in [0.05, 0.1) is 5.02 Å². The van der Waals surface area contributed by atoms with Crippen molar-refractivity contribution < 1.29 is 0 Å². The molecule has 0 saturated carbocycles. The summed E-state index contributed by atoms with van der Waals surface area (Å²) in [7, 11) is 0. The average molecular weight is 314 g/mol. The molecule has 2 nitrogen and oxygen atoms in total. The van der Waals surface area contributed by atoms with Crippen LogP contribution in [0.5, 0.6) is 0 Å². The summed E-state index contributed by atoms with van der Waals surface area (Å²) in [6.07, 6.45) is 6.74. The standard InChI is InChI=1S/C13H14BrClN2/c14-13-12(15)4-11(7-17-13)8-1-2-9-5-16-6-10(9)3-8/h3-4,7,9-10,16H,1-2,5-6H2/t9-,10+/m1/s1. The van der Waals surface area contributed by atoms with Crippen LogP contribution in [0.2, 0.25) is 5.02 Å². The Balaban J connectivity index is 1.91. The predicted octanol–water partition coefficient (Wildman–Crippen LogP) is 3.51. The molecule has 0 amide bonds. The fourth-order valence-corrected chi connectivity index (χ4v) is 3.17. The number of pyridine rings is 1. The van der Waals surface area contributed by atoms with Gasteiger partial charge < -0.3 is 5.32 Å². The average Bonchev–Trinajstić information content (AvgIpc) is 2.79. The molecule has 4 heteroatoms. The maximum Gasteiger partial charge on any atom is 0.124 e. The number of halogens is 2. The Kier molecular flexibility index (Phi) is 3.24. The van der Waals surface area contributed by atoms with Crippen molar-refractivity contribution in [2.24, 2.45) is 11.8 Å². The van der Waals surface area contributed by atoms with Crippen molar-refractivity contribution in [1.29, 1.82) is 0 Å². The Hall–Kier alpha value is -0.380. The lowest BCUT2D eigenvalue weighted by molar-refractivity contribution is 0.448. The monoisotopic (exact) mass is 312 g/mol. The molecule has 1 aromatic heterocycles. The summed E-state index contributed by atoms with van der Waals surface area (Å²) in [5.74, 6) is 1.53. The molecule has 0 aromatic carbocycles. The highest BCUT2D eigenvalue weighted by Crippen LogP contribution is 2.36. The smallest absolute Gasteiger partial charge is 0.124 e. The number of nitrogens with one attached hydrogen (secondary N) is 1. The molecule has 2 heterocycles. The Bertz CT molecular complexity index is 472. The molecule has 0 bridgehead atoms. The summed E-state index contributed by atoms with van der Waals surface area (Å²) >= 11 is 9.42. The zero-order chi connectivity index (χ0) is 11.8. The fourth-order valence-electron chi connectivity index (χ4n) is 2.78. The molecule has 0 unspecified atom stereocenters. The SMILES string of the molecule is Clc1cc(C2=C[C@H]3CNC[C@H]3CC2)cnc1Br. The summed E-state index contributed by atoms with van der Waals surface area (Å²) < 4.78 is 0.722. The van der Waals surface area contributed by atoms with Crippen molar-refractivity contribution in [1.82, 2.24) is 10.3 Å². The van der Waals surface area contributed by atoms with Gasteiger partial charge in [0, 0.05) is 12.7 Å². The van der Waals surface area contributed by atoms with Crippen molar-refractivity contribution in [2.45, 2.75) is 12.8 Å². The first-order valence-corrected chi connectivity index (χ1v) is 7.14. The van der Waals surface area contributed by atoms with Crippen LogP contribution in [0.4, 0.5) is 0 Å². The molecule has 90 valence electrons. The summed E-state index contributed by atoms with van der Waals surface area (Å²) in [5.41, 5.74) is 2.57. The largest absolute Gasteiger partial charge is 0.316 e. The highest BCUT2D eigenvalue weighted by atomic mass is 79.9. The highest BCUT2D eigenvalue weighted by Gasteiger charge is 2.29. The summed E-state index contributed by atoms with van der Waals surface area (Å²) in [6.45, 7) is 2.29. The van der Waals surface area contributed by atoms with Gasteiger partial charge in [-0.05, 0) is 64.4 Å². The predicted molar refractivity (Wildman–Crippen MR) is 74.0 cm³/mol. The first-order chi connectivity index (χ1) is 8.24. The first kappa shape index (κ1) is 11.7. The number of fused-ring (bicyclic) bond motifs is 1. The van der Waals surface area contributed by atoms with Gasteiger partial charge in [-0.1, -0.05) is 17.7 Å². The van der Waals surface area contributed by atoms with E-state index in [1.54, 1.807) is 0 Å². The molecule has 3 rings (SSSR count). The van der Waals surface area contributed by atoms with E-state index in [4.69, 9.17) is 11.6 Å². The molecule has 1 saturated heterocycles. The number of aromatic nitrogens is 1. The highest BCUT2D eigenvalue weighted by molar-refractivity contribution is 9.10. The minimum atomic E-state index is 0.690. The maximum absolute atomic E-state index is 6.10. The third-order valence-corrected chi connectivity index (χ3v) is 4.91. The van der Waals surface area contributed by atoms with Gasteiger partial charge in [-0.25, -0.2) is 4.98 Å². The number of nitrogens with zero attached hydrogens (tertiary/aromatic N) is 1. The Morgan fingerprint density at radius 1 is 1.41 bits per heavy atom. The van der Waals surface area contributed by atoms with Crippen LogP contribution in [0.25, 0.3) is 5.57 Å². The molecular weight excluding hydrogens is 300 g/mol. The maximum atomic E-state index is 6.10. The van der Waals surface area contributed by atoms with E-state index >= 15 is 0 Å². The third kappa shape index (κ3) is 2.28. The lowest BCUT2D eigenvalue weighted by atomic mass is 9.81. The molecule has 1 aliphatic carbocycles. The van der Waals surface area contributed by atoms with Gasteiger partial charge >= 0.3 is 0 Å². The molecule has 2 aliphatic rings. The minimum Gasteiger partial charge on any atom is -0.316 e. The van der Waals surface area contributed by atoms with Crippen LogP contribution in [0.1, 0.15) is 18.4 Å². The molecule has 2 atom stereocenters. The summed E-state index contributed by atoms with van der Waals surface area (Å²) in [4.78, 5) is 4.27. The van der Waals surface area contributed by atoms with Gasteiger partial charge in [0.15, 0.2) is 0 Å². The van der Waals surface area contributed by atoms with Gasteiger partial charge in [0.2, 0.25) is 0 Å². The van der Waals surface area contributed by atoms with E-state index in [1.165, 1.54) is 24.1 Å². The van der Waals surface area contributed by atoms with Crippen molar-refractivity contribution in [2.75, 3.05) is 13.1 Å². The van der Waals surface area contributed by atoms with Gasteiger partial charge in [0.1, 0.15) is 4.60 Å². The number of hydrogen-bond donors (Lipinski definition) is 1. The van der Waals surface area contributed by atoms with Crippen LogP contribution in [0.15, 0.2) is 22.9 Å². The van der Waals surface area contributed by atoms with Crippen LogP contribution in [0, 0.1) is 11.8 Å². The van der Waals surface area contributed by atoms with Crippen LogP contribution < -0.4 is 5.32 Å². The molecular formula is C13H14BrClN2. The van der Waals surface area contributed by atoms with Crippen molar-refractivity contribution >= 4 is 33.1 Å². The van der Waals surface area contributed by atoms with Crippen LogP contribution in [-0.2, 0) is 0 Å². The fraction of sp³-hybridized carbons (Fsp3) is 0.462. The van der Waals surface area contributed by atoms with Gasteiger partial charge in [-0.3, -0.25) is 0 Å². The zero-order valence-corrected chi connectivity index (χ0v) is 11.8. The van der Waals surface area contributed by atoms with E-state index in [0.29, 0.717) is 10.9 Å². The third-order valence-electron chi connectivity index (χ3n) is 3.76. The van der Waals surface area contributed by atoms with Gasteiger partial charge in [0.25, 0.3) is 0 Å². The van der Waals surface area contributed by atoms with E-state index in [9.17, 15) is 0 Å². The topological polar surface area (TPSA) is 24.9 Å². The van der Waals surface area contributed by atoms with Crippen molar-refractivity contribution in [3.05, 3.63) is 33.5 Å². The van der Waals surface area contributed by atoms with Crippen LogP contribution in [-0.4, -0.2) is 18.1 Å². The first-order valence-electron chi connectivity index (χ1n) is 5.97. The summed E-state index contributed by atoms with van der Waals surface area (Å²) in [5, 5.41) is 4.15.